The molecule has 1 aromatic rings. The van der Waals surface area contributed by atoms with Gasteiger partial charge in [-0.05, 0) is 12.5 Å². The third-order valence-electron chi connectivity index (χ3n) is 3.62. The maximum Gasteiger partial charge on any atom is 0.272 e. The molecule has 6 heteroatoms. The summed E-state index contributed by atoms with van der Waals surface area (Å²) in [6.07, 6.45) is 0.853. The van der Waals surface area contributed by atoms with Crippen LogP contribution in [0.3, 0.4) is 0 Å². The van der Waals surface area contributed by atoms with Crippen LogP contribution in [0.4, 0.5) is 0 Å². The monoisotopic (exact) mass is 265 g/mol. The summed E-state index contributed by atoms with van der Waals surface area (Å²) >= 11 is 0. The lowest BCUT2D eigenvalue weighted by Crippen LogP contribution is -2.50. The standard InChI is InChI=1S/C13H23N5O/c1-3-11-10-12(16(2)15-11)13(19)18-8-6-17(5-4-14)7-9-18/h10H,3-9,14H2,1-2H3. The quantitative estimate of drug-likeness (QED) is 0.811. The van der Waals surface area contributed by atoms with Crippen LogP contribution in [0.25, 0.3) is 0 Å². The van der Waals surface area contributed by atoms with E-state index >= 15 is 0 Å². The van der Waals surface area contributed by atoms with E-state index in [1.54, 1.807) is 4.68 Å². The zero-order valence-electron chi connectivity index (χ0n) is 11.8. The molecule has 0 unspecified atom stereocenters. The van der Waals surface area contributed by atoms with Crippen LogP contribution in [-0.2, 0) is 13.5 Å². The fourth-order valence-corrected chi connectivity index (χ4v) is 2.42. The first kappa shape index (κ1) is 14.0. The normalized spacial score (nSPS) is 16.9. The molecule has 0 spiro atoms. The molecular weight excluding hydrogens is 242 g/mol. The van der Waals surface area contributed by atoms with Crippen LogP contribution in [-0.4, -0.2) is 64.8 Å². The van der Waals surface area contributed by atoms with Crippen LogP contribution in [0.2, 0.25) is 0 Å². The molecule has 0 aliphatic carbocycles. The molecule has 106 valence electrons. The summed E-state index contributed by atoms with van der Waals surface area (Å²) in [6.45, 7) is 6.98. The van der Waals surface area contributed by atoms with E-state index < -0.39 is 0 Å². The maximum absolute atomic E-state index is 12.4. The molecule has 1 fully saturated rings. The van der Waals surface area contributed by atoms with E-state index in [9.17, 15) is 4.79 Å². The summed E-state index contributed by atoms with van der Waals surface area (Å²) < 4.78 is 1.69. The molecule has 1 amide bonds. The van der Waals surface area contributed by atoms with Gasteiger partial charge in [0, 0.05) is 46.3 Å². The number of carbonyl (C=O) groups is 1. The van der Waals surface area contributed by atoms with Crippen LogP contribution in [0.15, 0.2) is 6.07 Å². The highest BCUT2D eigenvalue weighted by molar-refractivity contribution is 5.92. The second-order valence-electron chi connectivity index (χ2n) is 4.92. The first-order valence-electron chi connectivity index (χ1n) is 6.90. The fraction of sp³-hybridized carbons (Fsp3) is 0.692. The number of nitrogens with zero attached hydrogens (tertiary/aromatic N) is 4. The molecule has 2 rings (SSSR count). The van der Waals surface area contributed by atoms with Crippen molar-refractivity contribution in [1.29, 1.82) is 0 Å². The number of hydrogen-bond donors (Lipinski definition) is 1. The maximum atomic E-state index is 12.4. The van der Waals surface area contributed by atoms with Crippen molar-refractivity contribution < 1.29 is 4.79 Å². The Kier molecular flexibility index (Phi) is 4.55. The zero-order chi connectivity index (χ0) is 13.8. The third kappa shape index (κ3) is 3.13. The van der Waals surface area contributed by atoms with Gasteiger partial charge in [0.05, 0.1) is 5.69 Å². The molecule has 0 radical (unpaired) electrons. The lowest BCUT2D eigenvalue weighted by Gasteiger charge is -2.34. The highest BCUT2D eigenvalue weighted by atomic mass is 16.2. The van der Waals surface area contributed by atoms with Crippen molar-refractivity contribution >= 4 is 5.91 Å². The van der Waals surface area contributed by atoms with Crippen LogP contribution >= 0.6 is 0 Å². The number of amides is 1. The molecule has 1 saturated heterocycles. The Morgan fingerprint density at radius 3 is 2.58 bits per heavy atom. The highest BCUT2D eigenvalue weighted by Gasteiger charge is 2.24. The summed E-state index contributed by atoms with van der Waals surface area (Å²) in [5, 5.41) is 4.33. The Balaban J connectivity index is 1.99. The van der Waals surface area contributed by atoms with E-state index in [2.05, 4.69) is 10.00 Å². The average Bonchev–Trinajstić information content (AvgIpc) is 2.80. The fourth-order valence-electron chi connectivity index (χ4n) is 2.42. The van der Waals surface area contributed by atoms with E-state index in [1.165, 1.54) is 0 Å². The zero-order valence-corrected chi connectivity index (χ0v) is 11.8. The van der Waals surface area contributed by atoms with Gasteiger partial charge in [0.2, 0.25) is 0 Å². The number of piperazine rings is 1. The second-order valence-corrected chi connectivity index (χ2v) is 4.92. The van der Waals surface area contributed by atoms with Crippen molar-refractivity contribution in [1.82, 2.24) is 19.6 Å². The Morgan fingerprint density at radius 2 is 2.05 bits per heavy atom. The smallest absolute Gasteiger partial charge is 0.272 e. The van der Waals surface area contributed by atoms with Gasteiger partial charge < -0.3 is 10.6 Å². The van der Waals surface area contributed by atoms with E-state index in [0.29, 0.717) is 12.2 Å². The lowest BCUT2D eigenvalue weighted by molar-refractivity contribution is 0.0630. The molecule has 2 heterocycles. The molecule has 0 aromatic carbocycles. The van der Waals surface area contributed by atoms with Crippen molar-refractivity contribution in [3.8, 4) is 0 Å². The predicted octanol–water partition coefficient (Wildman–Crippen LogP) is -0.301. The van der Waals surface area contributed by atoms with Gasteiger partial charge in [0.25, 0.3) is 5.91 Å². The van der Waals surface area contributed by atoms with E-state index in [-0.39, 0.29) is 5.91 Å². The average molecular weight is 265 g/mol. The van der Waals surface area contributed by atoms with Gasteiger partial charge in [-0.15, -0.1) is 0 Å². The third-order valence-corrected chi connectivity index (χ3v) is 3.62. The second kappa shape index (κ2) is 6.16. The molecule has 1 aromatic heterocycles. The Hall–Kier alpha value is -1.40. The first-order chi connectivity index (χ1) is 9.15. The summed E-state index contributed by atoms with van der Waals surface area (Å²) in [5.74, 6) is 0.0853. The van der Waals surface area contributed by atoms with Crippen LogP contribution < -0.4 is 5.73 Å². The Bertz CT molecular complexity index is 434. The molecule has 0 atom stereocenters. The van der Waals surface area contributed by atoms with Crippen molar-refractivity contribution in [2.75, 3.05) is 39.3 Å². The number of nitrogens with two attached hydrogens (primary N) is 1. The first-order valence-corrected chi connectivity index (χ1v) is 6.90. The SMILES string of the molecule is CCc1cc(C(=O)N2CCN(CCN)CC2)n(C)n1. The summed E-state index contributed by atoms with van der Waals surface area (Å²) in [7, 11) is 1.83. The van der Waals surface area contributed by atoms with Gasteiger partial charge in [-0.3, -0.25) is 14.4 Å². The molecule has 1 aliphatic rings. The van der Waals surface area contributed by atoms with Gasteiger partial charge in [-0.1, -0.05) is 6.92 Å². The molecule has 0 saturated carbocycles. The number of hydrogen-bond acceptors (Lipinski definition) is 4. The van der Waals surface area contributed by atoms with Crippen molar-refractivity contribution in [2.45, 2.75) is 13.3 Å². The van der Waals surface area contributed by atoms with Gasteiger partial charge in [-0.2, -0.15) is 5.10 Å². The molecule has 1 aliphatic heterocycles. The highest BCUT2D eigenvalue weighted by Crippen LogP contribution is 2.10. The minimum Gasteiger partial charge on any atom is -0.335 e. The van der Waals surface area contributed by atoms with Crippen LogP contribution in [0.1, 0.15) is 23.1 Å². The van der Waals surface area contributed by atoms with Gasteiger partial charge in [0.15, 0.2) is 0 Å². The van der Waals surface area contributed by atoms with E-state index in [4.69, 9.17) is 5.73 Å². The largest absolute Gasteiger partial charge is 0.335 e. The molecule has 19 heavy (non-hydrogen) atoms. The number of rotatable bonds is 4. The summed E-state index contributed by atoms with van der Waals surface area (Å²) in [6, 6.07) is 1.90. The molecule has 6 nitrogen and oxygen atoms in total. The molecular formula is C13H23N5O. The molecule has 2 N–H and O–H groups in total. The Labute approximate surface area is 114 Å². The van der Waals surface area contributed by atoms with E-state index in [1.807, 2.05) is 24.9 Å². The van der Waals surface area contributed by atoms with Crippen molar-refractivity contribution in [3.05, 3.63) is 17.5 Å². The predicted molar refractivity (Wildman–Crippen MR) is 74.0 cm³/mol. The van der Waals surface area contributed by atoms with Gasteiger partial charge in [-0.25, -0.2) is 0 Å². The number of carbonyl (C=O) groups excluding carboxylic acids is 1. The minimum absolute atomic E-state index is 0.0853. The van der Waals surface area contributed by atoms with Gasteiger partial charge >= 0.3 is 0 Å². The topological polar surface area (TPSA) is 67.4 Å². The number of aromatic nitrogens is 2. The van der Waals surface area contributed by atoms with Crippen LogP contribution in [0.5, 0.6) is 0 Å². The van der Waals surface area contributed by atoms with E-state index in [0.717, 1.165) is 44.8 Å². The lowest BCUT2D eigenvalue weighted by atomic mass is 10.2. The number of aryl methyl sites for hydroxylation is 2. The molecule has 0 bridgehead atoms. The van der Waals surface area contributed by atoms with Gasteiger partial charge in [0.1, 0.15) is 5.69 Å². The summed E-state index contributed by atoms with van der Waals surface area (Å²) in [4.78, 5) is 16.6. The van der Waals surface area contributed by atoms with Crippen molar-refractivity contribution in [2.24, 2.45) is 12.8 Å². The van der Waals surface area contributed by atoms with Crippen LogP contribution in [0, 0.1) is 0 Å². The Morgan fingerprint density at radius 1 is 1.37 bits per heavy atom. The summed E-state index contributed by atoms with van der Waals surface area (Å²) in [5.41, 5.74) is 7.20. The van der Waals surface area contributed by atoms with Crippen molar-refractivity contribution in [3.63, 3.8) is 0 Å². The minimum atomic E-state index is 0.0853.